The number of amides is 1. The van der Waals surface area contributed by atoms with Crippen molar-refractivity contribution < 1.29 is 4.79 Å². The van der Waals surface area contributed by atoms with Gasteiger partial charge in [0.15, 0.2) is 0 Å². The molecule has 1 fully saturated rings. The third-order valence-electron chi connectivity index (χ3n) is 3.17. The summed E-state index contributed by atoms with van der Waals surface area (Å²) in [5.41, 5.74) is 0.744. The van der Waals surface area contributed by atoms with Crippen LogP contribution in [0.5, 0.6) is 0 Å². The predicted molar refractivity (Wildman–Crippen MR) is 69.1 cm³/mol. The molecule has 0 saturated carbocycles. The van der Waals surface area contributed by atoms with Crippen LogP contribution in [0, 0.1) is 0 Å². The van der Waals surface area contributed by atoms with Crippen molar-refractivity contribution in [2.24, 2.45) is 0 Å². The summed E-state index contributed by atoms with van der Waals surface area (Å²) >= 11 is 0. The van der Waals surface area contributed by atoms with E-state index in [1.54, 1.807) is 0 Å². The summed E-state index contributed by atoms with van der Waals surface area (Å²) in [6.45, 7) is 4.33. The Kier molecular flexibility index (Phi) is 4.56. The monoisotopic (exact) mass is 232 g/mol. The molecule has 0 unspecified atom stereocenters. The van der Waals surface area contributed by atoms with Crippen LogP contribution in [0.15, 0.2) is 30.3 Å². The molecule has 1 aliphatic rings. The molecule has 0 bridgehead atoms. The molecule has 3 nitrogen and oxygen atoms in total. The van der Waals surface area contributed by atoms with Crippen molar-refractivity contribution in [3.63, 3.8) is 0 Å². The van der Waals surface area contributed by atoms with E-state index in [2.05, 4.69) is 10.2 Å². The fraction of sp³-hybridized carbons (Fsp3) is 0.500. The van der Waals surface area contributed by atoms with E-state index >= 15 is 0 Å². The van der Waals surface area contributed by atoms with Crippen molar-refractivity contribution >= 4 is 5.91 Å². The minimum Gasteiger partial charge on any atom is -0.352 e. The van der Waals surface area contributed by atoms with Gasteiger partial charge in [0.2, 0.25) is 0 Å². The fourth-order valence-electron chi connectivity index (χ4n) is 2.20. The molecule has 1 aromatic rings. The Balaban J connectivity index is 1.63. The molecule has 0 aromatic heterocycles. The maximum absolute atomic E-state index is 11.7. The highest BCUT2D eigenvalue weighted by Gasteiger charge is 2.10. The number of nitrogens with one attached hydrogen (secondary N) is 1. The summed E-state index contributed by atoms with van der Waals surface area (Å²) in [7, 11) is 0. The first-order valence-corrected chi connectivity index (χ1v) is 6.42. The molecule has 92 valence electrons. The SMILES string of the molecule is O=C(NCCCN1CCCC1)c1ccccc1. The molecule has 1 heterocycles. The van der Waals surface area contributed by atoms with E-state index in [4.69, 9.17) is 0 Å². The van der Waals surface area contributed by atoms with Crippen molar-refractivity contribution in [2.75, 3.05) is 26.2 Å². The van der Waals surface area contributed by atoms with Crippen LogP contribution in [0.1, 0.15) is 29.6 Å². The molecule has 1 saturated heterocycles. The lowest BCUT2D eigenvalue weighted by Crippen LogP contribution is -2.28. The Morgan fingerprint density at radius 1 is 1.18 bits per heavy atom. The molecular formula is C14H20N2O. The molecule has 17 heavy (non-hydrogen) atoms. The molecule has 0 spiro atoms. The summed E-state index contributed by atoms with van der Waals surface area (Å²) < 4.78 is 0. The number of carbonyl (C=O) groups excluding carboxylic acids is 1. The quantitative estimate of drug-likeness (QED) is 0.786. The van der Waals surface area contributed by atoms with E-state index in [9.17, 15) is 4.79 Å². The lowest BCUT2D eigenvalue weighted by molar-refractivity contribution is 0.0952. The molecule has 1 aliphatic heterocycles. The van der Waals surface area contributed by atoms with Crippen molar-refractivity contribution in [1.29, 1.82) is 0 Å². The third kappa shape index (κ3) is 3.86. The number of rotatable bonds is 5. The first-order chi connectivity index (χ1) is 8.36. The van der Waals surface area contributed by atoms with Crippen molar-refractivity contribution in [3.8, 4) is 0 Å². The van der Waals surface area contributed by atoms with Gasteiger partial charge in [0.1, 0.15) is 0 Å². The van der Waals surface area contributed by atoms with Gasteiger partial charge >= 0.3 is 0 Å². The second kappa shape index (κ2) is 6.40. The van der Waals surface area contributed by atoms with Crippen molar-refractivity contribution in [1.82, 2.24) is 10.2 Å². The highest BCUT2D eigenvalue weighted by molar-refractivity contribution is 5.94. The van der Waals surface area contributed by atoms with Crippen LogP contribution < -0.4 is 5.32 Å². The van der Waals surface area contributed by atoms with Gasteiger partial charge in [-0.15, -0.1) is 0 Å². The van der Waals surface area contributed by atoms with E-state index in [0.29, 0.717) is 0 Å². The van der Waals surface area contributed by atoms with E-state index in [1.807, 2.05) is 30.3 Å². The first kappa shape index (κ1) is 12.1. The Morgan fingerprint density at radius 3 is 2.59 bits per heavy atom. The summed E-state index contributed by atoms with van der Waals surface area (Å²) in [4.78, 5) is 14.2. The highest BCUT2D eigenvalue weighted by atomic mass is 16.1. The Morgan fingerprint density at radius 2 is 1.88 bits per heavy atom. The van der Waals surface area contributed by atoms with Crippen LogP contribution in [0.25, 0.3) is 0 Å². The van der Waals surface area contributed by atoms with E-state index < -0.39 is 0 Å². The molecule has 1 aromatic carbocycles. The van der Waals surface area contributed by atoms with Gasteiger partial charge in [-0.25, -0.2) is 0 Å². The minimum absolute atomic E-state index is 0.0343. The number of hydrogen-bond donors (Lipinski definition) is 1. The maximum atomic E-state index is 11.7. The van der Waals surface area contributed by atoms with Gasteiger partial charge in [-0.05, 0) is 51.0 Å². The molecule has 0 atom stereocenters. The zero-order chi connectivity index (χ0) is 11.9. The van der Waals surface area contributed by atoms with E-state index in [-0.39, 0.29) is 5.91 Å². The molecule has 0 aliphatic carbocycles. The maximum Gasteiger partial charge on any atom is 0.251 e. The van der Waals surface area contributed by atoms with Gasteiger partial charge in [-0.2, -0.15) is 0 Å². The van der Waals surface area contributed by atoms with Gasteiger partial charge in [-0.3, -0.25) is 4.79 Å². The predicted octanol–water partition coefficient (Wildman–Crippen LogP) is 1.90. The Hall–Kier alpha value is -1.35. The number of benzene rings is 1. The standard InChI is InChI=1S/C14H20N2O/c17-14(13-7-2-1-3-8-13)15-9-6-12-16-10-4-5-11-16/h1-3,7-8H,4-6,9-12H2,(H,15,17). The van der Waals surface area contributed by atoms with Gasteiger partial charge < -0.3 is 10.2 Å². The number of nitrogens with zero attached hydrogens (tertiary/aromatic N) is 1. The van der Waals surface area contributed by atoms with Gasteiger partial charge in [0.05, 0.1) is 0 Å². The van der Waals surface area contributed by atoms with E-state index in [1.165, 1.54) is 25.9 Å². The van der Waals surface area contributed by atoms with Crippen LogP contribution in [0.3, 0.4) is 0 Å². The first-order valence-electron chi connectivity index (χ1n) is 6.42. The summed E-state index contributed by atoms with van der Waals surface area (Å²) in [5, 5.41) is 2.96. The number of hydrogen-bond acceptors (Lipinski definition) is 2. The lowest BCUT2D eigenvalue weighted by Gasteiger charge is -2.14. The molecule has 1 amide bonds. The van der Waals surface area contributed by atoms with Gasteiger partial charge in [0.25, 0.3) is 5.91 Å². The average Bonchev–Trinajstić information content (AvgIpc) is 2.88. The molecular weight excluding hydrogens is 212 g/mol. The van der Waals surface area contributed by atoms with Crippen LogP contribution in [-0.4, -0.2) is 37.0 Å². The molecule has 0 radical (unpaired) electrons. The van der Waals surface area contributed by atoms with Gasteiger partial charge in [0, 0.05) is 12.1 Å². The largest absolute Gasteiger partial charge is 0.352 e. The zero-order valence-corrected chi connectivity index (χ0v) is 10.2. The lowest BCUT2D eigenvalue weighted by atomic mass is 10.2. The van der Waals surface area contributed by atoms with Crippen molar-refractivity contribution in [2.45, 2.75) is 19.3 Å². The van der Waals surface area contributed by atoms with E-state index in [0.717, 1.165) is 25.1 Å². The van der Waals surface area contributed by atoms with Crippen LogP contribution in [0.2, 0.25) is 0 Å². The second-order valence-electron chi connectivity index (χ2n) is 4.52. The normalized spacial score (nSPS) is 16.0. The minimum atomic E-state index is 0.0343. The summed E-state index contributed by atoms with van der Waals surface area (Å²) in [5.74, 6) is 0.0343. The smallest absolute Gasteiger partial charge is 0.251 e. The molecule has 3 heteroatoms. The molecule has 2 rings (SSSR count). The summed E-state index contributed by atoms with van der Waals surface area (Å²) in [6, 6.07) is 9.38. The van der Waals surface area contributed by atoms with Crippen molar-refractivity contribution in [3.05, 3.63) is 35.9 Å². The molecule has 1 N–H and O–H groups in total. The highest BCUT2D eigenvalue weighted by Crippen LogP contribution is 2.07. The van der Waals surface area contributed by atoms with Crippen LogP contribution in [0.4, 0.5) is 0 Å². The Labute approximate surface area is 103 Å². The van der Waals surface area contributed by atoms with Gasteiger partial charge in [-0.1, -0.05) is 18.2 Å². The van der Waals surface area contributed by atoms with Crippen LogP contribution in [-0.2, 0) is 0 Å². The number of likely N-dealkylation sites (tertiary alicyclic amines) is 1. The average molecular weight is 232 g/mol. The Bertz CT molecular complexity index is 344. The topological polar surface area (TPSA) is 32.3 Å². The number of carbonyl (C=O) groups is 1. The fourth-order valence-corrected chi connectivity index (χ4v) is 2.20. The van der Waals surface area contributed by atoms with Crippen LogP contribution >= 0.6 is 0 Å². The zero-order valence-electron chi connectivity index (χ0n) is 10.2. The third-order valence-corrected chi connectivity index (χ3v) is 3.17. The summed E-state index contributed by atoms with van der Waals surface area (Å²) in [6.07, 6.45) is 3.70. The second-order valence-corrected chi connectivity index (χ2v) is 4.52.